The molecule has 3 heteroatoms. The maximum absolute atomic E-state index is 8.94. The van der Waals surface area contributed by atoms with Crippen molar-refractivity contribution in [3.63, 3.8) is 0 Å². The Morgan fingerprint density at radius 1 is 1.17 bits per heavy atom. The first-order valence-corrected chi connectivity index (χ1v) is 5.64. The van der Waals surface area contributed by atoms with Crippen LogP contribution >= 0.6 is 0 Å². The third kappa shape index (κ3) is 2.61. The minimum atomic E-state index is 0.520. The van der Waals surface area contributed by atoms with E-state index in [4.69, 9.17) is 15.7 Å². The van der Waals surface area contributed by atoms with Crippen molar-refractivity contribution in [2.24, 2.45) is 0 Å². The summed E-state index contributed by atoms with van der Waals surface area (Å²) in [4.78, 5) is 0. The fourth-order valence-corrected chi connectivity index (χ4v) is 1.83. The summed E-state index contributed by atoms with van der Waals surface area (Å²) < 4.78 is 5.18. The Labute approximate surface area is 106 Å². The second-order valence-electron chi connectivity index (χ2n) is 4.06. The van der Waals surface area contributed by atoms with Gasteiger partial charge in [-0.1, -0.05) is 18.2 Å². The van der Waals surface area contributed by atoms with E-state index in [1.807, 2.05) is 36.4 Å². The smallest absolute Gasteiger partial charge is 0.119 e. The van der Waals surface area contributed by atoms with Crippen molar-refractivity contribution in [2.45, 2.75) is 6.42 Å². The van der Waals surface area contributed by atoms with Crippen LogP contribution in [0.3, 0.4) is 0 Å². The SMILES string of the molecule is COc1cccc(Cc2ccc(N)c(C#N)c2)c1. The number of nitrogens with zero attached hydrogens (tertiary/aromatic N) is 1. The summed E-state index contributed by atoms with van der Waals surface area (Å²) in [5.74, 6) is 0.837. The Bertz CT molecular complexity index is 600. The zero-order valence-electron chi connectivity index (χ0n) is 10.2. The normalized spacial score (nSPS) is 9.78. The Balaban J connectivity index is 2.26. The summed E-state index contributed by atoms with van der Waals surface area (Å²) in [6.07, 6.45) is 0.756. The van der Waals surface area contributed by atoms with Gasteiger partial charge in [-0.3, -0.25) is 0 Å². The molecule has 2 aromatic rings. The number of hydrogen-bond donors (Lipinski definition) is 1. The van der Waals surface area contributed by atoms with Crippen LogP contribution in [0.1, 0.15) is 16.7 Å². The van der Waals surface area contributed by atoms with E-state index in [0.29, 0.717) is 11.3 Å². The van der Waals surface area contributed by atoms with Crippen molar-refractivity contribution in [1.82, 2.24) is 0 Å². The van der Waals surface area contributed by atoms with Crippen LogP contribution in [-0.2, 0) is 6.42 Å². The molecule has 2 aromatic carbocycles. The molecule has 0 saturated carbocycles. The molecule has 0 aromatic heterocycles. The molecule has 0 unspecified atom stereocenters. The molecular weight excluding hydrogens is 224 g/mol. The summed E-state index contributed by atoms with van der Waals surface area (Å²) >= 11 is 0. The Hall–Kier alpha value is -2.47. The van der Waals surface area contributed by atoms with Gasteiger partial charge in [-0.25, -0.2) is 0 Å². The average Bonchev–Trinajstić information content (AvgIpc) is 2.41. The van der Waals surface area contributed by atoms with E-state index in [1.165, 1.54) is 0 Å². The van der Waals surface area contributed by atoms with Gasteiger partial charge in [0, 0.05) is 5.69 Å². The van der Waals surface area contributed by atoms with E-state index >= 15 is 0 Å². The molecule has 0 saturated heterocycles. The van der Waals surface area contributed by atoms with Gasteiger partial charge in [0.25, 0.3) is 0 Å². The van der Waals surface area contributed by atoms with Crippen LogP contribution in [0.4, 0.5) is 5.69 Å². The predicted octanol–water partition coefficient (Wildman–Crippen LogP) is 2.74. The highest BCUT2D eigenvalue weighted by molar-refractivity contribution is 5.55. The predicted molar refractivity (Wildman–Crippen MR) is 71.4 cm³/mol. The van der Waals surface area contributed by atoms with E-state index in [0.717, 1.165) is 23.3 Å². The average molecular weight is 238 g/mol. The molecule has 0 heterocycles. The van der Waals surface area contributed by atoms with Crippen LogP contribution in [0.15, 0.2) is 42.5 Å². The van der Waals surface area contributed by atoms with Gasteiger partial charge in [-0.15, -0.1) is 0 Å². The van der Waals surface area contributed by atoms with E-state index in [-0.39, 0.29) is 0 Å². The lowest BCUT2D eigenvalue weighted by molar-refractivity contribution is 0.414. The Morgan fingerprint density at radius 3 is 2.67 bits per heavy atom. The van der Waals surface area contributed by atoms with Gasteiger partial charge in [0.2, 0.25) is 0 Å². The summed E-state index contributed by atoms with van der Waals surface area (Å²) in [5.41, 5.74) is 8.95. The summed E-state index contributed by atoms with van der Waals surface area (Å²) in [7, 11) is 1.65. The second-order valence-corrected chi connectivity index (χ2v) is 4.06. The van der Waals surface area contributed by atoms with Gasteiger partial charge in [0.05, 0.1) is 12.7 Å². The lowest BCUT2D eigenvalue weighted by atomic mass is 10.0. The molecule has 0 aliphatic rings. The Morgan fingerprint density at radius 2 is 1.94 bits per heavy atom. The standard InChI is InChI=1S/C15H14N2O/c1-18-14-4-2-3-11(9-14)7-12-5-6-15(17)13(8-12)10-16/h2-6,8-9H,7,17H2,1H3. The van der Waals surface area contributed by atoms with Gasteiger partial charge >= 0.3 is 0 Å². The van der Waals surface area contributed by atoms with Crippen molar-refractivity contribution >= 4 is 5.69 Å². The first-order chi connectivity index (χ1) is 8.72. The van der Waals surface area contributed by atoms with Crippen molar-refractivity contribution in [2.75, 3.05) is 12.8 Å². The van der Waals surface area contributed by atoms with Gasteiger partial charge < -0.3 is 10.5 Å². The maximum atomic E-state index is 8.94. The molecule has 0 spiro atoms. The lowest BCUT2D eigenvalue weighted by Gasteiger charge is -2.06. The minimum Gasteiger partial charge on any atom is -0.497 e. The second kappa shape index (κ2) is 5.24. The van der Waals surface area contributed by atoms with Crippen LogP contribution in [0.5, 0.6) is 5.75 Å². The van der Waals surface area contributed by atoms with Crippen LogP contribution in [0, 0.1) is 11.3 Å². The van der Waals surface area contributed by atoms with E-state index < -0.39 is 0 Å². The zero-order chi connectivity index (χ0) is 13.0. The first-order valence-electron chi connectivity index (χ1n) is 5.64. The van der Waals surface area contributed by atoms with Gasteiger partial charge in [-0.2, -0.15) is 5.26 Å². The topological polar surface area (TPSA) is 59.0 Å². The molecule has 0 bridgehead atoms. The fraction of sp³-hybridized carbons (Fsp3) is 0.133. The third-order valence-corrected chi connectivity index (χ3v) is 2.78. The summed E-state index contributed by atoms with van der Waals surface area (Å²) in [6, 6.07) is 15.5. The first kappa shape index (κ1) is 12.0. The van der Waals surface area contributed by atoms with E-state index in [2.05, 4.69) is 6.07 Å². The highest BCUT2D eigenvalue weighted by Crippen LogP contribution is 2.19. The zero-order valence-corrected chi connectivity index (χ0v) is 10.2. The molecule has 3 nitrogen and oxygen atoms in total. The molecular formula is C15H14N2O. The number of nitrogen functional groups attached to an aromatic ring is 1. The largest absolute Gasteiger partial charge is 0.497 e. The summed E-state index contributed by atoms with van der Waals surface area (Å²) in [6.45, 7) is 0. The number of hydrogen-bond acceptors (Lipinski definition) is 3. The Kier molecular flexibility index (Phi) is 3.49. The highest BCUT2D eigenvalue weighted by atomic mass is 16.5. The molecule has 90 valence electrons. The van der Waals surface area contributed by atoms with Crippen molar-refractivity contribution in [3.8, 4) is 11.8 Å². The number of methoxy groups -OCH3 is 1. The van der Waals surface area contributed by atoms with Crippen LogP contribution in [0.25, 0.3) is 0 Å². The molecule has 0 aliphatic carbocycles. The molecule has 0 radical (unpaired) electrons. The molecule has 0 amide bonds. The quantitative estimate of drug-likeness (QED) is 0.836. The van der Waals surface area contributed by atoms with Gasteiger partial charge in [0.1, 0.15) is 11.8 Å². The number of nitriles is 1. The van der Waals surface area contributed by atoms with Crippen molar-refractivity contribution in [3.05, 3.63) is 59.2 Å². The number of benzene rings is 2. The lowest BCUT2D eigenvalue weighted by Crippen LogP contribution is -1.94. The van der Waals surface area contributed by atoms with Crippen LogP contribution < -0.4 is 10.5 Å². The number of nitrogens with two attached hydrogens (primary N) is 1. The number of rotatable bonds is 3. The van der Waals surface area contributed by atoms with Gasteiger partial charge in [0.15, 0.2) is 0 Å². The fourth-order valence-electron chi connectivity index (χ4n) is 1.83. The number of anilines is 1. The van der Waals surface area contributed by atoms with Crippen molar-refractivity contribution < 1.29 is 4.74 Å². The minimum absolute atomic E-state index is 0.520. The molecule has 0 atom stereocenters. The molecule has 2 N–H and O–H groups in total. The monoisotopic (exact) mass is 238 g/mol. The van der Waals surface area contributed by atoms with Gasteiger partial charge in [-0.05, 0) is 41.8 Å². The molecule has 18 heavy (non-hydrogen) atoms. The van der Waals surface area contributed by atoms with Crippen molar-refractivity contribution in [1.29, 1.82) is 5.26 Å². The molecule has 2 rings (SSSR count). The van der Waals surface area contributed by atoms with E-state index in [9.17, 15) is 0 Å². The number of ether oxygens (including phenoxy) is 1. The van der Waals surface area contributed by atoms with Crippen LogP contribution in [0.2, 0.25) is 0 Å². The van der Waals surface area contributed by atoms with E-state index in [1.54, 1.807) is 13.2 Å². The highest BCUT2D eigenvalue weighted by Gasteiger charge is 2.02. The third-order valence-electron chi connectivity index (χ3n) is 2.78. The van der Waals surface area contributed by atoms with Crippen LogP contribution in [-0.4, -0.2) is 7.11 Å². The summed E-state index contributed by atoms with van der Waals surface area (Å²) in [5, 5.41) is 8.94. The molecule has 0 fully saturated rings. The molecule has 0 aliphatic heterocycles. The maximum Gasteiger partial charge on any atom is 0.119 e.